The number of phenolic OH excluding ortho intramolecular Hbond substituents is 1. The van der Waals surface area contributed by atoms with Crippen molar-refractivity contribution in [2.45, 2.75) is 52.7 Å². The molecule has 1 aromatic carbocycles. The predicted octanol–water partition coefficient (Wildman–Crippen LogP) is 2.62. The number of alkyl carbamates (subject to hydrolysis) is 1. The van der Waals surface area contributed by atoms with Crippen molar-refractivity contribution in [3.05, 3.63) is 28.8 Å². The SMILES string of the molecule is COC(=O)C(Cc1cc(C)c(O)c(C)c1)NC(=O)OC(C)(C)C. The van der Waals surface area contributed by atoms with Crippen LogP contribution in [-0.4, -0.2) is 35.9 Å². The van der Waals surface area contributed by atoms with Crippen LogP contribution in [0.15, 0.2) is 12.1 Å². The second-order valence-corrected chi connectivity index (χ2v) is 6.50. The van der Waals surface area contributed by atoms with Gasteiger partial charge in [-0.3, -0.25) is 0 Å². The molecule has 23 heavy (non-hydrogen) atoms. The number of phenols is 1. The molecule has 0 bridgehead atoms. The molecule has 0 saturated carbocycles. The lowest BCUT2D eigenvalue weighted by Gasteiger charge is -2.23. The van der Waals surface area contributed by atoms with Crippen molar-refractivity contribution in [2.24, 2.45) is 0 Å². The molecule has 1 amide bonds. The highest BCUT2D eigenvalue weighted by Crippen LogP contribution is 2.23. The summed E-state index contributed by atoms with van der Waals surface area (Å²) in [6.07, 6.45) is -0.437. The molecule has 128 valence electrons. The van der Waals surface area contributed by atoms with E-state index in [-0.39, 0.29) is 12.2 Å². The molecule has 6 nitrogen and oxygen atoms in total. The van der Waals surface area contributed by atoms with Crippen molar-refractivity contribution in [3.63, 3.8) is 0 Å². The van der Waals surface area contributed by atoms with Crippen LogP contribution in [0.2, 0.25) is 0 Å². The van der Waals surface area contributed by atoms with Crippen LogP contribution in [-0.2, 0) is 20.7 Å². The van der Waals surface area contributed by atoms with Gasteiger partial charge in [0.05, 0.1) is 7.11 Å². The number of carbonyl (C=O) groups is 2. The monoisotopic (exact) mass is 323 g/mol. The van der Waals surface area contributed by atoms with Crippen LogP contribution in [0.1, 0.15) is 37.5 Å². The fourth-order valence-corrected chi connectivity index (χ4v) is 2.18. The molecule has 0 aliphatic heterocycles. The van der Waals surface area contributed by atoms with E-state index in [0.717, 1.165) is 5.56 Å². The molecule has 1 rings (SSSR count). The molecule has 6 heteroatoms. The minimum Gasteiger partial charge on any atom is -0.507 e. The zero-order valence-electron chi connectivity index (χ0n) is 14.5. The van der Waals surface area contributed by atoms with Crippen LogP contribution in [0.3, 0.4) is 0 Å². The summed E-state index contributed by atoms with van der Waals surface area (Å²) in [5, 5.41) is 12.3. The molecule has 0 aliphatic rings. The molecular weight excluding hydrogens is 298 g/mol. The van der Waals surface area contributed by atoms with Gasteiger partial charge in [-0.25, -0.2) is 9.59 Å². The standard InChI is InChI=1S/C17H25NO5/c1-10-7-12(8-11(2)14(10)19)9-13(15(20)22-6)18-16(21)23-17(3,4)5/h7-8,13,19H,9H2,1-6H3,(H,18,21). The van der Waals surface area contributed by atoms with E-state index in [1.165, 1.54) is 7.11 Å². The number of hydrogen-bond donors (Lipinski definition) is 2. The Morgan fingerprint density at radius 1 is 1.22 bits per heavy atom. The van der Waals surface area contributed by atoms with Crippen molar-refractivity contribution in [1.29, 1.82) is 0 Å². The summed E-state index contributed by atoms with van der Waals surface area (Å²) in [5.74, 6) is -0.331. The minimum atomic E-state index is -0.863. The summed E-state index contributed by atoms with van der Waals surface area (Å²) < 4.78 is 9.91. The summed E-state index contributed by atoms with van der Waals surface area (Å²) >= 11 is 0. The van der Waals surface area contributed by atoms with Gasteiger partial charge in [-0.1, -0.05) is 12.1 Å². The lowest BCUT2D eigenvalue weighted by Crippen LogP contribution is -2.45. The van der Waals surface area contributed by atoms with E-state index in [4.69, 9.17) is 9.47 Å². The first kappa shape index (κ1) is 18.8. The molecule has 0 aromatic heterocycles. The summed E-state index contributed by atoms with van der Waals surface area (Å²) in [7, 11) is 1.26. The number of rotatable bonds is 4. The largest absolute Gasteiger partial charge is 0.507 e. The summed E-state index contributed by atoms with van der Waals surface area (Å²) in [6, 6.07) is 2.68. The van der Waals surface area contributed by atoms with Crippen LogP contribution in [0.4, 0.5) is 4.79 Å². The van der Waals surface area contributed by atoms with Crippen LogP contribution in [0, 0.1) is 13.8 Å². The van der Waals surface area contributed by atoms with E-state index in [9.17, 15) is 14.7 Å². The summed E-state index contributed by atoms with van der Waals surface area (Å²) in [5.41, 5.74) is 1.57. The number of aryl methyl sites for hydroxylation is 2. The van der Waals surface area contributed by atoms with E-state index in [0.29, 0.717) is 11.1 Å². The van der Waals surface area contributed by atoms with Gasteiger partial charge in [-0.15, -0.1) is 0 Å². The molecule has 1 atom stereocenters. The third kappa shape index (κ3) is 5.81. The van der Waals surface area contributed by atoms with Crippen LogP contribution >= 0.6 is 0 Å². The van der Waals surface area contributed by atoms with Crippen LogP contribution < -0.4 is 5.32 Å². The summed E-state index contributed by atoms with van der Waals surface area (Å²) in [6.45, 7) is 8.78. The molecule has 0 spiro atoms. The Labute approximate surface area is 136 Å². The zero-order valence-corrected chi connectivity index (χ0v) is 14.5. The van der Waals surface area contributed by atoms with E-state index < -0.39 is 23.7 Å². The molecule has 0 saturated heterocycles. The maximum absolute atomic E-state index is 11.9. The van der Waals surface area contributed by atoms with Gasteiger partial charge >= 0.3 is 12.1 Å². The highest BCUT2D eigenvalue weighted by Gasteiger charge is 2.25. The number of ether oxygens (including phenoxy) is 2. The molecule has 0 heterocycles. The lowest BCUT2D eigenvalue weighted by molar-refractivity contribution is -0.143. The average Bonchev–Trinajstić information content (AvgIpc) is 2.41. The Bertz CT molecular complexity index is 566. The van der Waals surface area contributed by atoms with Gasteiger partial charge in [0, 0.05) is 6.42 Å². The molecule has 0 radical (unpaired) electrons. The van der Waals surface area contributed by atoms with Crippen molar-refractivity contribution in [2.75, 3.05) is 7.11 Å². The quantitative estimate of drug-likeness (QED) is 0.832. The third-order valence-electron chi connectivity index (χ3n) is 3.17. The number of benzene rings is 1. The highest BCUT2D eigenvalue weighted by atomic mass is 16.6. The first-order chi connectivity index (χ1) is 10.5. The first-order valence-electron chi connectivity index (χ1n) is 7.40. The molecule has 1 unspecified atom stereocenters. The van der Waals surface area contributed by atoms with Crippen molar-refractivity contribution in [3.8, 4) is 5.75 Å². The van der Waals surface area contributed by atoms with Gasteiger partial charge in [0.2, 0.25) is 0 Å². The molecule has 1 aromatic rings. The second-order valence-electron chi connectivity index (χ2n) is 6.50. The van der Waals surface area contributed by atoms with Gasteiger partial charge in [-0.2, -0.15) is 0 Å². The number of amides is 1. The number of aromatic hydroxyl groups is 1. The Morgan fingerprint density at radius 3 is 2.17 bits per heavy atom. The first-order valence-corrected chi connectivity index (χ1v) is 7.40. The van der Waals surface area contributed by atoms with Crippen LogP contribution in [0.25, 0.3) is 0 Å². The number of methoxy groups -OCH3 is 1. The molecule has 2 N–H and O–H groups in total. The normalized spacial score (nSPS) is 12.4. The smallest absolute Gasteiger partial charge is 0.408 e. The van der Waals surface area contributed by atoms with Crippen molar-refractivity contribution in [1.82, 2.24) is 5.32 Å². The topological polar surface area (TPSA) is 84.9 Å². The van der Waals surface area contributed by atoms with E-state index in [1.54, 1.807) is 46.8 Å². The maximum atomic E-state index is 11.9. The minimum absolute atomic E-state index is 0.225. The summed E-state index contributed by atoms with van der Waals surface area (Å²) in [4.78, 5) is 23.8. The van der Waals surface area contributed by atoms with Gasteiger partial charge in [0.1, 0.15) is 17.4 Å². The van der Waals surface area contributed by atoms with E-state index >= 15 is 0 Å². The Kier molecular flexibility index (Phi) is 6.01. The molecule has 0 aliphatic carbocycles. The fourth-order valence-electron chi connectivity index (χ4n) is 2.18. The van der Waals surface area contributed by atoms with Gasteiger partial charge < -0.3 is 19.9 Å². The molecular formula is C17H25NO5. The van der Waals surface area contributed by atoms with Gasteiger partial charge in [0.25, 0.3) is 0 Å². The zero-order chi connectivity index (χ0) is 17.8. The van der Waals surface area contributed by atoms with Gasteiger partial charge in [-0.05, 0) is 51.3 Å². The Morgan fingerprint density at radius 2 is 1.74 bits per heavy atom. The molecule has 0 fully saturated rings. The fraction of sp³-hybridized carbons (Fsp3) is 0.529. The number of nitrogens with one attached hydrogen (secondary N) is 1. The van der Waals surface area contributed by atoms with E-state index in [2.05, 4.69) is 5.32 Å². The number of carbonyl (C=O) groups excluding carboxylic acids is 2. The second kappa shape index (κ2) is 7.35. The maximum Gasteiger partial charge on any atom is 0.408 e. The Balaban J connectivity index is 2.92. The van der Waals surface area contributed by atoms with Gasteiger partial charge in [0.15, 0.2) is 0 Å². The Hall–Kier alpha value is -2.24. The average molecular weight is 323 g/mol. The highest BCUT2D eigenvalue weighted by molar-refractivity contribution is 5.81. The van der Waals surface area contributed by atoms with Crippen LogP contribution in [0.5, 0.6) is 5.75 Å². The van der Waals surface area contributed by atoms with Crippen molar-refractivity contribution >= 4 is 12.1 Å². The van der Waals surface area contributed by atoms with E-state index in [1.807, 2.05) is 0 Å². The predicted molar refractivity (Wildman–Crippen MR) is 86.5 cm³/mol. The third-order valence-corrected chi connectivity index (χ3v) is 3.17. The lowest BCUT2D eigenvalue weighted by atomic mass is 10.00. The number of hydrogen-bond acceptors (Lipinski definition) is 5. The number of esters is 1. The van der Waals surface area contributed by atoms with Crippen molar-refractivity contribution < 1.29 is 24.2 Å².